The second-order valence-electron chi connectivity index (χ2n) is 4.84. The summed E-state index contributed by atoms with van der Waals surface area (Å²) in [6, 6.07) is 18.0. The minimum Gasteiger partial charge on any atom is -0.471 e. The highest BCUT2D eigenvalue weighted by molar-refractivity contribution is 6.15. The molecule has 0 spiro atoms. The summed E-state index contributed by atoms with van der Waals surface area (Å²) in [7, 11) is 0. The molecular weight excluding hydrogens is 292 g/mol. The van der Waals surface area contributed by atoms with Gasteiger partial charge in [-0.25, -0.2) is 0 Å². The van der Waals surface area contributed by atoms with Gasteiger partial charge in [0.15, 0.2) is 0 Å². The van der Waals surface area contributed by atoms with Crippen molar-refractivity contribution in [1.29, 1.82) is 0 Å². The van der Waals surface area contributed by atoms with E-state index in [1.165, 1.54) is 12.5 Å². The molecule has 0 aliphatic heterocycles. The molecule has 3 rings (SSSR count). The average molecular weight is 306 g/mol. The van der Waals surface area contributed by atoms with Gasteiger partial charge < -0.3 is 15.1 Å². The Kier molecular flexibility index (Phi) is 4.20. The smallest absolute Gasteiger partial charge is 0.259 e. The second kappa shape index (κ2) is 6.62. The van der Waals surface area contributed by atoms with Gasteiger partial charge in [-0.1, -0.05) is 36.4 Å². The lowest BCUT2D eigenvalue weighted by atomic mass is 10.1. The molecule has 5 nitrogen and oxygen atoms in total. The maximum absolute atomic E-state index is 12.3. The number of benzene rings is 2. The van der Waals surface area contributed by atoms with Crippen LogP contribution in [0.25, 0.3) is 0 Å². The predicted octanol–water partition coefficient (Wildman–Crippen LogP) is 3.78. The van der Waals surface area contributed by atoms with E-state index in [9.17, 15) is 9.59 Å². The van der Waals surface area contributed by atoms with E-state index in [-0.39, 0.29) is 11.1 Å². The van der Waals surface area contributed by atoms with E-state index >= 15 is 0 Å². The zero-order chi connectivity index (χ0) is 16.1. The molecular formula is C18H14N2O3. The van der Waals surface area contributed by atoms with Crippen LogP contribution in [-0.2, 0) is 0 Å². The zero-order valence-corrected chi connectivity index (χ0v) is 12.2. The molecule has 0 saturated carbocycles. The number of hydrogen-bond acceptors (Lipinski definition) is 3. The fourth-order valence-corrected chi connectivity index (χ4v) is 2.09. The Morgan fingerprint density at radius 2 is 1.04 bits per heavy atom. The average Bonchev–Trinajstić information content (AvgIpc) is 3.06. The van der Waals surface area contributed by atoms with E-state index in [1.807, 2.05) is 36.4 Å². The number of rotatable bonds is 4. The summed E-state index contributed by atoms with van der Waals surface area (Å²) in [4.78, 5) is 24.6. The van der Waals surface area contributed by atoms with Crippen LogP contribution in [0.5, 0.6) is 0 Å². The van der Waals surface area contributed by atoms with Crippen LogP contribution in [0, 0.1) is 0 Å². The quantitative estimate of drug-likeness (QED) is 0.770. The van der Waals surface area contributed by atoms with Crippen LogP contribution in [0.2, 0.25) is 0 Å². The van der Waals surface area contributed by atoms with Crippen LogP contribution in [0.4, 0.5) is 11.4 Å². The molecule has 0 radical (unpaired) electrons. The third-order valence-corrected chi connectivity index (χ3v) is 3.21. The second-order valence-corrected chi connectivity index (χ2v) is 4.84. The molecule has 0 atom stereocenters. The van der Waals surface area contributed by atoms with E-state index in [0.29, 0.717) is 11.4 Å². The molecule has 23 heavy (non-hydrogen) atoms. The largest absolute Gasteiger partial charge is 0.471 e. The molecule has 1 aromatic heterocycles. The Bertz CT molecular complexity index is 743. The van der Waals surface area contributed by atoms with Crippen molar-refractivity contribution in [3.63, 3.8) is 0 Å². The van der Waals surface area contributed by atoms with Crippen LogP contribution in [0.15, 0.2) is 77.6 Å². The number of anilines is 2. The van der Waals surface area contributed by atoms with Gasteiger partial charge in [0.25, 0.3) is 11.8 Å². The molecule has 3 aromatic rings. The number of carbonyl (C=O) groups is 2. The molecule has 0 bridgehead atoms. The number of carbonyl (C=O) groups excluding carboxylic acids is 2. The van der Waals surface area contributed by atoms with E-state index in [2.05, 4.69) is 10.6 Å². The standard InChI is InChI=1S/C18H14N2O3/c21-17(19-13-7-3-1-4-8-13)15-11-23-12-16(15)18(22)20-14-9-5-2-6-10-14/h1-12H,(H,19,21)(H,20,22). The number of nitrogens with one attached hydrogen (secondary N) is 2. The molecule has 0 saturated heterocycles. The maximum atomic E-state index is 12.3. The molecule has 114 valence electrons. The summed E-state index contributed by atoms with van der Waals surface area (Å²) in [5.74, 6) is -0.800. The van der Waals surface area contributed by atoms with Gasteiger partial charge in [-0.2, -0.15) is 0 Å². The van der Waals surface area contributed by atoms with E-state index in [1.54, 1.807) is 24.3 Å². The van der Waals surface area contributed by atoms with E-state index in [0.717, 1.165) is 0 Å². The molecule has 0 aliphatic rings. The lowest BCUT2D eigenvalue weighted by molar-refractivity contribution is 0.0991. The first-order valence-corrected chi connectivity index (χ1v) is 7.03. The molecule has 2 aromatic carbocycles. The zero-order valence-electron chi connectivity index (χ0n) is 12.2. The van der Waals surface area contributed by atoms with Crippen molar-refractivity contribution in [2.45, 2.75) is 0 Å². The van der Waals surface area contributed by atoms with Crippen molar-refractivity contribution >= 4 is 23.2 Å². The fraction of sp³-hybridized carbons (Fsp3) is 0. The van der Waals surface area contributed by atoms with Gasteiger partial charge in [0.1, 0.15) is 12.5 Å². The highest BCUT2D eigenvalue weighted by atomic mass is 16.3. The minimum absolute atomic E-state index is 0.183. The third kappa shape index (κ3) is 3.47. The lowest BCUT2D eigenvalue weighted by Gasteiger charge is -2.06. The molecule has 0 aliphatic carbocycles. The van der Waals surface area contributed by atoms with Crippen LogP contribution >= 0.6 is 0 Å². The van der Waals surface area contributed by atoms with Crippen molar-refractivity contribution in [3.05, 3.63) is 84.3 Å². The van der Waals surface area contributed by atoms with Crippen LogP contribution in [-0.4, -0.2) is 11.8 Å². The SMILES string of the molecule is O=C(Nc1ccccc1)c1cocc1C(=O)Nc1ccccc1. The topological polar surface area (TPSA) is 71.3 Å². The monoisotopic (exact) mass is 306 g/mol. The first kappa shape index (κ1) is 14.6. The van der Waals surface area contributed by atoms with Gasteiger partial charge in [0.2, 0.25) is 0 Å². The van der Waals surface area contributed by atoms with Crippen LogP contribution < -0.4 is 10.6 Å². The number of para-hydroxylation sites is 2. The Labute approximate surface area is 132 Å². The first-order chi connectivity index (χ1) is 11.2. The van der Waals surface area contributed by atoms with Crippen LogP contribution in [0.3, 0.4) is 0 Å². The molecule has 0 unspecified atom stereocenters. The minimum atomic E-state index is -0.400. The van der Waals surface area contributed by atoms with Crippen molar-refractivity contribution in [1.82, 2.24) is 0 Å². The summed E-state index contributed by atoms with van der Waals surface area (Å²) in [6.07, 6.45) is 2.52. The van der Waals surface area contributed by atoms with Crippen molar-refractivity contribution < 1.29 is 14.0 Å². The number of hydrogen-bond donors (Lipinski definition) is 2. The maximum Gasteiger partial charge on any atom is 0.259 e. The third-order valence-electron chi connectivity index (χ3n) is 3.21. The lowest BCUT2D eigenvalue weighted by Crippen LogP contribution is -2.18. The van der Waals surface area contributed by atoms with Crippen LogP contribution in [0.1, 0.15) is 20.7 Å². The van der Waals surface area contributed by atoms with E-state index in [4.69, 9.17) is 4.42 Å². The highest BCUT2D eigenvalue weighted by Crippen LogP contribution is 2.16. The van der Waals surface area contributed by atoms with Gasteiger partial charge in [0.05, 0.1) is 11.1 Å². The Hall–Kier alpha value is -3.34. The number of amides is 2. The summed E-state index contributed by atoms with van der Waals surface area (Å²) >= 11 is 0. The van der Waals surface area contributed by atoms with Gasteiger partial charge >= 0.3 is 0 Å². The molecule has 5 heteroatoms. The summed E-state index contributed by atoms with van der Waals surface area (Å²) in [6.45, 7) is 0. The summed E-state index contributed by atoms with van der Waals surface area (Å²) < 4.78 is 5.04. The van der Waals surface area contributed by atoms with Crippen molar-refractivity contribution in [3.8, 4) is 0 Å². The fourth-order valence-electron chi connectivity index (χ4n) is 2.09. The molecule has 1 heterocycles. The van der Waals surface area contributed by atoms with Crippen molar-refractivity contribution in [2.75, 3.05) is 10.6 Å². The summed E-state index contributed by atoms with van der Waals surface area (Å²) in [5.41, 5.74) is 1.66. The Balaban J connectivity index is 1.76. The molecule has 2 amide bonds. The van der Waals surface area contributed by atoms with Gasteiger partial charge in [-0.05, 0) is 24.3 Å². The van der Waals surface area contributed by atoms with E-state index < -0.39 is 11.8 Å². The summed E-state index contributed by atoms with van der Waals surface area (Å²) in [5, 5.41) is 5.45. The highest BCUT2D eigenvalue weighted by Gasteiger charge is 2.20. The number of furan rings is 1. The van der Waals surface area contributed by atoms with Gasteiger partial charge in [-0.15, -0.1) is 0 Å². The molecule has 2 N–H and O–H groups in total. The Morgan fingerprint density at radius 3 is 1.43 bits per heavy atom. The Morgan fingerprint density at radius 1 is 0.652 bits per heavy atom. The van der Waals surface area contributed by atoms with Gasteiger partial charge in [-0.3, -0.25) is 9.59 Å². The molecule has 0 fully saturated rings. The predicted molar refractivity (Wildman–Crippen MR) is 87.5 cm³/mol. The first-order valence-electron chi connectivity index (χ1n) is 7.03. The van der Waals surface area contributed by atoms with Gasteiger partial charge in [0, 0.05) is 11.4 Å². The van der Waals surface area contributed by atoms with Crippen molar-refractivity contribution in [2.24, 2.45) is 0 Å². The normalized spacial score (nSPS) is 10.1.